The van der Waals surface area contributed by atoms with Gasteiger partial charge < -0.3 is 15.9 Å². The summed E-state index contributed by atoms with van der Waals surface area (Å²) in [4.78, 5) is 20.7. The van der Waals surface area contributed by atoms with E-state index in [9.17, 15) is 9.59 Å². The Bertz CT molecular complexity index is 190. The molecule has 0 radical (unpaired) electrons. The Kier molecular flexibility index (Phi) is 6.77. The van der Waals surface area contributed by atoms with Crippen molar-refractivity contribution in [2.45, 2.75) is 13.0 Å². The molecule has 0 spiro atoms. The van der Waals surface area contributed by atoms with Crippen molar-refractivity contribution >= 4 is 33.5 Å². The second-order valence-corrected chi connectivity index (χ2v) is 5.31. The number of nitrogens with two attached hydrogens (primary N) is 1. The lowest BCUT2D eigenvalue weighted by molar-refractivity contribution is -0.140. The summed E-state index contributed by atoms with van der Waals surface area (Å²) in [5.41, 5.74) is 5.24. The second-order valence-electron chi connectivity index (χ2n) is 2.75. The predicted molar refractivity (Wildman–Crippen MR) is 57.3 cm³/mol. The lowest BCUT2D eigenvalue weighted by Gasteiger charge is -2.06. The van der Waals surface area contributed by atoms with Gasteiger partial charge in [-0.1, -0.05) is 28.5 Å². The topological polar surface area (TPSA) is 101 Å². The van der Waals surface area contributed by atoms with E-state index in [-0.39, 0.29) is 5.75 Å². The van der Waals surface area contributed by atoms with Crippen LogP contribution in [0.2, 0.25) is 0 Å². The molecule has 0 aliphatic heterocycles. The molecule has 0 aromatic heterocycles. The zero-order valence-electron chi connectivity index (χ0n) is 7.67. The Hall–Kier alpha value is -0.400. The first kappa shape index (κ1) is 13.6. The van der Waals surface area contributed by atoms with E-state index in [0.29, 0.717) is 5.75 Å². The van der Waals surface area contributed by atoms with Crippen molar-refractivity contribution in [1.29, 1.82) is 0 Å². The van der Waals surface area contributed by atoms with Gasteiger partial charge in [0, 0.05) is 11.5 Å². The van der Waals surface area contributed by atoms with Crippen LogP contribution in [0.3, 0.4) is 0 Å². The number of rotatable bonds is 7. The highest BCUT2D eigenvalue weighted by Crippen LogP contribution is 2.24. The van der Waals surface area contributed by atoms with Crippen LogP contribution >= 0.6 is 21.6 Å². The van der Waals surface area contributed by atoms with Gasteiger partial charge in [-0.05, 0) is 0 Å². The second kappa shape index (κ2) is 6.97. The lowest BCUT2D eigenvalue weighted by atomic mass is 10.2. The van der Waals surface area contributed by atoms with Crippen LogP contribution in [0.5, 0.6) is 0 Å². The highest BCUT2D eigenvalue weighted by atomic mass is 33.1. The fourth-order valence-electron chi connectivity index (χ4n) is 0.414. The van der Waals surface area contributed by atoms with Gasteiger partial charge in [-0.2, -0.15) is 0 Å². The summed E-state index contributed by atoms with van der Waals surface area (Å²) in [5, 5.41) is 17.0. The fourth-order valence-corrected chi connectivity index (χ4v) is 2.87. The normalized spacial score (nSPS) is 14.7. The van der Waals surface area contributed by atoms with Crippen molar-refractivity contribution in [2.24, 2.45) is 11.7 Å². The van der Waals surface area contributed by atoms with E-state index >= 15 is 0 Å². The molecule has 0 rings (SSSR count). The molecule has 7 heteroatoms. The number of hydrogen-bond acceptors (Lipinski definition) is 5. The van der Waals surface area contributed by atoms with Crippen LogP contribution in [0.4, 0.5) is 0 Å². The van der Waals surface area contributed by atoms with E-state index in [1.165, 1.54) is 21.6 Å². The standard InChI is InChI=1S/C7H13NO4S2/c1-4(6(9)10)2-13-14-3-5(8)7(11)12/h4-5H,2-3,8H2,1H3,(H,9,10)(H,11,12)/t4-,5+/m0/s1. The number of hydrogen-bond donors (Lipinski definition) is 3. The van der Waals surface area contributed by atoms with Crippen LogP contribution < -0.4 is 5.73 Å². The first-order chi connectivity index (χ1) is 6.45. The third kappa shape index (κ3) is 6.11. The predicted octanol–water partition coefficient (Wildman–Crippen LogP) is 0.500. The average molecular weight is 239 g/mol. The van der Waals surface area contributed by atoms with E-state index in [2.05, 4.69) is 0 Å². The maximum atomic E-state index is 10.4. The minimum Gasteiger partial charge on any atom is -0.481 e. The van der Waals surface area contributed by atoms with E-state index in [1.54, 1.807) is 6.92 Å². The summed E-state index contributed by atoms with van der Waals surface area (Å²) in [6.07, 6.45) is 0. The van der Waals surface area contributed by atoms with E-state index < -0.39 is 23.9 Å². The van der Waals surface area contributed by atoms with Gasteiger partial charge >= 0.3 is 11.9 Å². The Morgan fingerprint density at radius 1 is 1.21 bits per heavy atom. The van der Waals surface area contributed by atoms with Crippen molar-refractivity contribution in [2.75, 3.05) is 11.5 Å². The fraction of sp³-hybridized carbons (Fsp3) is 0.714. The maximum Gasteiger partial charge on any atom is 0.321 e. The van der Waals surface area contributed by atoms with Gasteiger partial charge in [-0.25, -0.2) is 0 Å². The minimum absolute atomic E-state index is 0.284. The van der Waals surface area contributed by atoms with Crippen molar-refractivity contribution in [3.63, 3.8) is 0 Å². The average Bonchev–Trinajstić information content (AvgIpc) is 2.11. The molecule has 14 heavy (non-hydrogen) atoms. The smallest absolute Gasteiger partial charge is 0.321 e. The molecular formula is C7H13NO4S2. The van der Waals surface area contributed by atoms with Crippen molar-refractivity contribution < 1.29 is 19.8 Å². The summed E-state index contributed by atoms with van der Waals surface area (Å²) in [6.45, 7) is 1.60. The van der Waals surface area contributed by atoms with Gasteiger partial charge in [0.25, 0.3) is 0 Å². The largest absolute Gasteiger partial charge is 0.481 e. The molecule has 0 unspecified atom stereocenters. The zero-order chi connectivity index (χ0) is 11.1. The SMILES string of the molecule is C[C@@H](CSSC[C@@H](N)C(=O)O)C(=O)O. The monoisotopic (exact) mass is 239 g/mol. The molecule has 0 aliphatic carbocycles. The third-order valence-corrected chi connectivity index (χ3v) is 4.00. The molecule has 0 aromatic carbocycles. The van der Waals surface area contributed by atoms with Crippen LogP contribution in [0.25, 0.3) is 0 Å². The molecule has 0 fully saturated rings. The van der Waals surface area contributed by atoms with Crippen LogP contribution in [0.15, 0.2) is 0 Å². The Morgan fingerprint density at radius 3 is 2.14 bits per heavy atom. The zero-order valence-corrected chi connectivity index (χ0v) is 9.31. The van der Waals surface area contributed by atoms with Gasteiger partial charge in [0.05, 0.1) is 5.92 Å². The molecular weight excluding hydrogens is 226 g/mol. The molecule has 5 nitrogen and oxygen atoms in total. The van der Waals surface area contributed by atoms with Crippen LogP contribution in [0.1, 0.15) is 6.92 Å². The van der Waals surface area contributed by atoms with Crippen molar-refractivity contribution in [3.8, 4) is 0 Å². The molecule has 0 aromatic rings. The van der Waals surface area contributed by atoms with Gasteiger partial charge in [-0.15, -0.1) is 0 Å². The van der Waals surface area contributed by atoms with Crippen LogP contribution in [-0.2, 0) is 9.59 Å². The molecule has 0 aliphatic rings. The van der Waals surface area contributed by atoms with Gasteiger partial charge in [-0.3, -0.25) is 9.59 Å². The summed E-state index contributed by atoms with van der Waals surface area (Å²) in [5.74, 6) is -1.57. The molecule has 0 amide bonds. The number of aliphatic carboxylic acids is 2. The molecule has 2 atom stereocenters. The van der Waals surface area contributed by atoms with E-state index in [0.717, 1.165) is 0 Å². The van der Waals surface area contributed by atoms with Gasteiger partial charge in [0.1, 0.15) is 6.04 Å². The Labute approximate surface area is 89.8 Å². The quantitative estimate of drug-likeness (QED) is 0.439. The first-order valence-electron chi connectivity index (χ1n) is 3.90. The van der Waals surface area contributed by atoms with Gasteiger partial charge in [0.15, 0.2) is 0 Å². The highest BCUT2D eigenvalue weighted by molar-refractivity contribution is 8.76. The number of carboxylic acids is 2. The Morgan fingerprint density at radius 2 is 1.71 bits per heavy atom. The van der Waals surface area contributed by atoms with Gasteiger partial charge in [0.2, 0.25) is 0 Å². The van der Waals surface area contributed by atoms with E-state index in [1.807, 2.05) is 0 Å². The summed E-state index contributed by atoms with van der Waals surface area (Å²) in [6, 6.07) is -0.882. The van der Waals surface area contributed by atoms with Crippen molar-refractivity contribution in [3.05, 3.63) is 0 Å². The molecule has 0 saturated carbocycles. The molecule has 0 heterocycles. The third-order valence-electron chi connectivity index (χ3n) is 1.39. The molecule has 0 bridgehead atoms. The van der Waals surface area contributed by atoms with Crippen LogP contribution in [-0.4, -0.2) is 39.7 Å². The lowest BCUT2D eigenvalue weighted by Crippen LogP contribution is -2.32. The summed E-state index contributed by atoms with van der Waals surface area (Å²) in [7, 11) is 2.61. The summed E-state index contributed by atoms with van der Waals surface area (Å²) < 4.78 is 0. The summed E-state index contributed by atoms with van der Waals surface area (Å²) >= 11 is 0. The maximum absolute atomic E-state index is 10.4. The van der Waals surface area contributed by atoms with Crippen LogP contribution in [0, 0.1) is 5.92 Å². The Balaban J connectivity index is 3.47. The molecule has 0 saturated heterocycles. The van der Waals surface area contributed by atoms with E-state index in [4.69, 9.17) is 15.9 Å². The molecule has 82 valence electrons. The number of carbonyl (C=O) groups is 2. The highest BCUT2D eigenvalue weighted by Gasteiger charge is 2.13. The minimum atomic E-state index is -1.04. The first-order valence-corrected chi connectivity index (χ1v) is 6.39. The molecule has 4 N–H and O–H groups in total. The van der Waals surface area contributed by atoms with Crippen molar-refractivity contribution in [1.82, 2.24) is 0 Å². The number of carboxylic acid groups (broad SMARTS) is 2.